The van der Waals surface area contributed by atoms with Crippen molar-refractivity contribution in [3.63, 3.8) is 0 Å². The molecule has 0 aromatic heterocycles. The molecule has 1 aliphatic heterocycles. The van der Waals surface area contributed by atoms with Gasteiger partial charge in [-0.25, -0.2) is 0 Å². The van der Waals surface area contributed by atoms with E-state index in [9.17, 15) is 4.79 Å². The molecule has 0 radical (unpaired) electrons. The normalized spacial score (nSPS) is 23.3. The quantitative estimate of drug-likeness (QED) is 0.806. The van der Waals surface area contributed by atoms with Crippen LogP contribution in [0.5, 0.6) is 0 Å². The molecule has 2 rings (SSSR count). The van der Waals surface area contributed by atoms with Gasteiger partial charge in [-0.3, -0.25) is 4.79 Å². The molecule has 1 saturated carbocycles. The van der Waals surface area contributed by atoms with Crippen molar-refractivity contribution in [2.75, 3.05) is 39.4 Å². The molecule has 1 aliphatic carbocycles. The number of nitrogens with one attached hydrogen (secondary N) is 1. The van der Waals surface area contributed by atoms with Crippen LogP contribution in [0.1, 0.15) is 39.0 Å². The summed E-state index contributed by atoms with van der Waals surface area (Å²) < 4.78 is 5.25. The number of nitrogens with zero attached hydrogens (tertiary/aromatic N) is 1. The van der Waals surface area contributed by atoms with Gasteiger partial charge in [0.25, 0.3) is 0 Å². The molecule has 4 heteroatoms. The second-order valence-corrected chi connectivity index (χ2v) is 5.66. The van der Waals surface area contributed by atoms with Gasteiger partial charge in [0.05, 0.1) is 19.8 Å². The Morgan fingerprint density at radius 2 is 1.94 bits per heavy atom. The Bertz CT molecular complexity index is 269. The van der Waals surface area contributed by atoms with Crippen LogP contribution in [0.4, 0.5) is 0 Å². The van der Waals surface area contributed by atoms with Crippen molar-refractivity contribution >= 4 is 5.91 Å². The molecule has 0 atom stereocenters. The maximum absolute atomic E-state index is 12.0. The van der Waals surface area contributed by atoms with Crippen LogP contribution < -0.4 is 5.32 Å². The third-order valence-corrected chi connectivity index (χ3v) is 4.55. The van der Waals surface area contributed by atoms with Crippen molar-refractivity contribution in [1.82, 2.24) is 10.2 Å². The molecule has 2 aliphatic rings. The average molecular weight is 254 g/mol. The Kier molecular flexibility index (Phi) is 5.01. The van der Waals surface area contributed by atoms with Crippen molar-refractivity contribution < 1.29 is 9.53 Å². The minimum Gasteiger partial charge on any atom is -0.378 e. The molecule has 4 nitrogen and oxygen atoms in total. The lowest BCUT2D eigenvalue weighted by molar-refractivity contribution is -0.134. The predicted octanol–water partition coefficient (Wildman–Crippen LogP) is 1.41. The molecule has 0 aromatic rings. The number of ether oxygens (including phenoxy) is 1. The van der Waals surface area contributed by atoms with Crippen LogP contribution in [0.15, 0.2) is 0 Å². The molecule has 18 heavy (non-hydrogen) atoms. The van der Waals surface area contributed by atoms with Gasteiger partial charge in [-0.05, 0) is 24.7 Å². The van der Waals surface area contributed by atoms with E-state index in [1.165, 1.54) is 32.1 Å². The molecule has 0 spiro atoms. The standard InChI is InChI=1S/C14H26N2O2/c1-2-14(5-3-4-6-14)12-15-11-13(17)16-7-9-18-10-8-16/h15H,2-12H2,1H3. The Hall–Kier alpha value is -0.610. The Balaban J connectivity index is 1.69. The largest absolute Gasteiger partial charge is 0.378 e. The van der Waals surface area contributed by atoms with Crippen molar-refractivity contribution in [1.29, 1.82) is 0 Å². The van der Waals surface area contributed by atoms with Crippen LogP contribution in [0.3, 0.4) is 0 Å². The smallest absolute Gasteiger partial charge is 0.236 e. The summed E-state index contributed by atoms with van der Waals surface area (Å²) in [6, 6.07) is 0. The maximum atomic E-state index is 12.0. The number of hydrogen-bond acceptors (Lipinski definition) is 3. The molecule has 1 amide bonds. The summed E-state index contributed by atoms with van der Waals surface area (Å²) in [6.07, 6.45) is 6.58. The van der Waals surface area contributed by atoms with E-state index in [2.05, 4.69) is 12.2 Å². The highest BCUT2D eigenvalue weighted by Gasteiger charge is 2.31. The second-order valence-electron chi connectivity index (χ2n) is 5.66. The van der Waals surface area contributed by atoms with E-state index in [0.717, 1.165) is 19.6 Å². The molecule has 2 fully saturated rings. The highest BCUT2D eigenvalue weighted by Crippen LogP contribution is 2.40. The summed E-state index contributed by atoms with van der Waals surface area (Å²) in [4.78, 5) is 13.9. The molecule has 1 saturated heterocycles. The number of amides is 1. The first-order chi connectivity index (χ1) is 8.76. The third-order valence-electron chi connectivity index (χ3n) is 4.55. The van der Waals surface area contributed by atoms with Gasteiger partial charge in [-0.2, -0.15) is 0 Å². The summed E-state index contributed by atoms with van der Waals surface area (Å²) in [5, 5.41) is 3.38. The molecule has 0 unspecified atom stereocenters. The average Bonchev–Trinajstić information content (AvgIpc) is 2.89. The zero-order chi connectivity index (χ0) is 12.8. The third kappa shape index (κ3) is 3.45. The monoisotopic (exact) mass is 254 g/mol. The zero-order valence-electron chi connectivity index (χ0n) is 11.5. The van der Waals surface area contributed by atoms with Crippen LogP contribution in [-0.4, -0.2) is 50.2 Å². The van der Waals surface area contributed by atoms with E-state index < -0.39 is 0 Å². The fourth-order valence-electron chi connectivity index (χ4n) is 3.14. The second kappa shape index (κ2) is 6.53. The molecule has 0 aromatic carbocycles. The predicted molar refractivity (Wildman–Crippen MR) is 71.5 cm³/mol. The minimum atomic E-state index is 0.225. The van der Waals surface area contributed by atoms with Gasteiger partial charge in [-0.1, -0.05) is 19.8 Å². The highest BCUT2D eigenvalue weighted by molar-refractivity contribution is 5.78. The first-order valence-electron chi connectivity index (χ1n) is 7.32. The number of carbonyl (C=O) groups excluding carboxylic acids is 1. The van der Waals surface area contributed by atoms with Crippen LogP contribution in [0, 0.1) is 5.41 Å². The fourth-order valence-corrected chi connectivity index (χ4v) is 3.14. The molecular formula is C14H26N2O2. The Labute approximate surface area is 110 Å². The summed E-state index contributed by atoms with van der Waals surface area (Å²) in [7, 11) is 0. The first-order valence-corrected chi connectivity index (χ1v) is 7.32. The summed E-state index contributed by atoms with van der Waals surface area (Å²) in [5.74, 6) is 0.225. The van der Waals surface area contributed by atoms with Gasteiger partial charge >= 0.3 is 0 Å². The van der Waals surface area contributed by atoms with Gasteiger partial charge in [0.15, 0.2) is 0 Å². The highest BCUT2D eigenvalue weighted by atomic mass is 16.5. The van der Waals surface area contributed by atoms with E-state index in [4.69, 9.17) is 4.74 Å². The van der Waals surface area contributed by atoms with Crippen molar-refractivity contribution in [3.05, 3.63) is 0 Å². The number of morpholine rings is 1. The first kappa shape index (κ1) is 13.8. The van der Waals surface area contributed by atoms with Crippen molar-refractivity contribution in [2.24, 2.45) is 5.41 Å². The number of rotatable bonds is 5. The number of carbonyl (C=O) groups is 1. The molecule has 0 bridgehead atoms. The van der Waals surface area contributed by atoms with Gasteiger partial charge in [-0.15, -0.1) is 0 Å². The van der Waals surface area contributed by atoms with E-state index in [1.54, 1.807) is 0 Å². The van der Waals surface area contributed by atoms with Crippen molar-refractivity contribution in [3.8, 4) is 0 Å². The summed E-state index contributed by atoms with van der Waals surface area (Å²) in [5.41, 5.74) is 0.464. The lowest BCUT2D eigenvalue weighted by atomic mass is 9.83. The van der Waals surface area contributed by atoms with Crippen LogP contribution in [0.25, 0.3) is 0 Å². The fraction of sp³-hybridized carbons (Fsp3) is 0.929. The van der Waals surface area contributed by atoms with Crippen LogP contribution in [-0.2, 0) is 9.53 Å². The van der Waals surface area contributed by atoms with E-state index in [1.807, 2.05) is 4.90 Å². The van der Waals surface area contributed by atoms with Crippen molar-refractivity contribution in [2.45, 2.75) is 39.0 Å². The van der Waals surface area contributed by atoms with Gasteiger partial charge < -0.3 is 15.0 Å². The molecule has 104 valence electrons. The maximum Gasteiger partial charge on any atom is 0.236 e. The summed E-state index contributed by atoms with van der Waals surface area (Å²) in [6.45, 7) is 6.63. The zero-order valence-corrected chi connectivity index (χ0v) is 11.5. The Morgan fingerprint density at radius 1 is 1.28 bits per heavy atom. The SMILES string of the molecule is CCC1(CNCC(=O)N2CCOCC2)CCCC1. The van der Waals surface area contributed by atoms with Crippen LogP contribution in [0.2, 0.25) is 0 Å². The van der Waals surface area contributed by atoms with E-state index in [-0.39, 0.29) is 5.91 Å². The molecular weight excluding hydrogens is 228 g/mol. The van der Waals surface area contributed by atoms with E-state index in [0.29, 0.717) is 25.2 Å². The molecule has 1 heterocycles. The lowest BCUT2D eigenvalue weighted by Crippen LogP contribution is -2.46. The van der Waals surface area contributed by atoms with Gasteiger partial charge in [0, 0.05) is 19.6 Å². The van der Waals surface area contributed by atoms with Crippen LogP contribution >= 0.6 is 0 Å². The minimum absolute atomic E-state index is 0.225. The van der Waals surface area contributed by atoms with Gasteiger partial charge in [0.1, 0.15) is 0 Å². The number of hydrogen-bond donors (Lipinski definition) is 1. The lowest BCUT2D eigenvalue weighted by Gasteiger charge is -2.30. The van der Waals surface area contributed by atoms with Gasteiger partial charge in [0.2, 0.25) is 5.91 Å². The molecule has 1 N–H and O–H groups in total. The summed E-state index contributed by atoms with van der Waals surface area (Å²) >= 11 is 0. The topological polar surface area (TPSA) is 41.6 Å². The van der Waals surface area contributed by atoms with E-state index >= 15 is 0 Å². The Morgan fingerprint density at radius 3 is 2.56 bits per heavy atom.